The molecular formula is C10H21N3O3. The number of primary amides is 1. The number of ether oxygens (including phenoxy) is 1. The predicted molar refractivity (Wildman–Crippen MR) is 60.5 cm³/mol. The summed E-state index contributed by atoms with van der Waals surface area (Å²) in [5.74, 6) is -0.738. The van der Waals surface area contributed by atoms with Gasteiger partial charge >= 0.3 is 0 Å². The van der Waals surface area contributed by atoms with Crippen LogP contribution in [0.3, 0.4) is 0 Å². The lowest BCUT2D eigenvalue weighted by Crippen LogP contribution is -2.52. The van der Waals surface area contributed by atoms with Crippen molar-refractivity contribution in [1.82, 2.24) is 5.32 Å². The lowest BCUT2D eigenvalue weighted by atomic mass is 9.97. The molecule has 0 spiro atoms. The van der Waals surface area contributed by atoms with E-state index in [4.69, 9.17) is 16.2 Å². The number of rotatable bonds is 8. The van der Waals surface area contributed by atoms with Gasteiger partial charge in [0.15, 0.2) is 0 Å². The summed E-state index contributed by atoms with van der Waals surface area (Å²) in [6.07, 6.45) is 1.47. The summed E-state index contributed by atoms with van der Waals surface area (Å²) in [6, 6.07) is 0. The van der Waals surface area contributed by atoms with Crippen LogP contribution in [0.5, 0.6) is 0 Å². The fraction of sp³-hybridized carbons (Fsp3) is 0.800. The van der Waals surface area contributed by atoms with Gasteiger partial charge in [0, 0.05) is 6.54 Å². The highest BCUT2D eigenvalue weighted by molar-refractivity contribution is 5.85. The van der Waals surface area contributed by atoms with E-state index in [2.05, 4.69) is 5.32 Å². The fourth-order valence-corrected chi connectivity index (χ4v) is 1.24. The largest absolute Gasteiger partial charge is 0.370 e. The molecule has 1 atom stereocenters. The molecule has 0 saturated heterocycles. The molecule has 0 saturated carbocycles. The average Bonchev–Trinajstić information content (AvgIpc) is 2.16. The summed E-state index contributed by atoms with van der Waals surface area (Å²) in [6.45, 7) is 4.09. The topological polar surface area (TPSA) is 107 Å². The summed E-state index contributed by atoms with van der Waals surface area (Å²) in [5.41, 5.74) is 9.83. The molecule has 2 amide bonds. The highest BCUT2D eigenvalue weighted by atomic mass is 16.5. The molecule has 0 heterocycles. The maximum atomic E-state index is 11.6. The van der Waals surface area contributed by atoms with Crippen molar-refractivity contribution in [2.45, 2.75) is 32.2 Å². The monoisotopic (exact) mass is 231 g/mol. The number of carbonyl (C=O) groups is 2. The molecule has 6 nitrogen and oxygen atoms in total. The minimum atomic E-state index is -0.849. The number of hydrogen-bond donors (Lipinski definition) is 3. The van der Waals surface area contributed by atoms with Crippen LogP contribution in [0.2, 0.25) is 0 Å². The van der Waals surface area contributed by atoms with E-state index in [1.807, 2.05) is 6.92 Å². The Morgan fingerprint density at radius 2 is 2.06 bits per heavy atom. The summed E-state index contributed by atoms with van der Waals surface area (Å²) in [7, 11) is 0. The smallest absolute Gasteiger partial charge is 0.243 e. The van der Waals surface area contributed by atoms with Gasteiger partial charge in [0.05, 0.1) is 12.1 Å². The van der Waals surface area contributed by atoms with E-state index < -0.39 is 11.4 Å². The Balaban J connectivity index is 3.69. The molecule has 5 N–H and O–H groups in total. The number of nitrogens with two attached hydrogens (primary N) is 2. The second-order valence-electron chi connectivity index (χ2n) is 3.94. The van der Waals surface area contributed by atoms with Gasteiger partial charge in [0.2, 0.25) is 11.8 Å². The highest BCUT2D eigenvalue weighted by Crippen LogP contribution is 2.07. The van der Waals surface area contributed by atoms with Crippen LogP contribution in [0.1, 0.15) is 26.7 Å². The number of nitrogens with one attached hydrogen (secondary N) is 1. The Morgan fingerprint density at radius 3 is 2.56 bits per heavy atom. The third-order valence-corrected chi connectivity index (χ3v) is 2.06. The van der Waals surface area contributed by atoms with Crippen molar-refractivity contribution >= 4 is 11.8 Å². The van der Waals surface area contributed by atoms with Gasteiger partial charge in [-0.3, -0.25) is 9.59 Å². The molecule has 0 aliphatic heterocycles. The zero-order valence-corrected chi connectivity index (χ0v) is 9.91. The molecule has 94 valence electrons. The van der Waals surface area contributed by atoms with Gasteiger partial charge in [-0.25, -0.2) is 0 Å². The predicted octanol–water partition coefficient (Wildman–Crippen LogP) is -0.878. The standard InChI is InChI=1S/C10H21N3O3/c1-3-4-10(2,12)9(15)13-5-6-16-7-8(11)14/h3-7,12H2,1-2H3,(H2,11,14)(H,13,15). The number of carbonyl (C=O) groups excluding carboxylic acids is 2. The Labute approximate surface area is 95.7 Å². The molecule has 0 radical (unpaired) electrons. The summed E-state index contributed by atoms with van der Waals surface area (Å²) in [4.78, 5) is 21.9. The lowest BCUT2D eigenvalue weighted by Gasteiger charge is -2.22. The molecule has 0 aromatic heterocycles. The average molecular weight is 231 g/mol. The van der Waals surface area contributed by atoms with Crippen LogP contribution in [-0.2, 0) is 14.3 Å². The van der Waals surface area contributed by atoms with Crippen molar-refractivity contribution < 1.29 is 14.3 Å². The first-order valence-electron chi connectivity index (χ1n) is 5.33. The van der Waals surface area contributed by atoms with E-state index in [1.165, 1.54) is 0 Å². The maximum absolute atomic E-state index is 11.6. The van der Waals surface area contributed by atoms with Crippen molar-refractivity contribution in [3.8, 4) is 0 Å². The van der Waals surface area contributed by atoms with Crippen LogP contribution < -0.4 is 16.8 Å². The normalized spacial score (nSPS) is 14.2. The van der Waals surface area contributed by atoms with Crippen molar-refractivity contribution in [1.29, 1.82) is 0 Å². The van der Waals surface area contributed by atoms with Gasteiger partial charge in [0.1, 0.15) is 6.61 Å². The zero-order valence-electron chi connectivity index (χ0n) is 9.91. The van der Waals surface area contributed by atoms with Crippen LogP contribution in [0.4, 0.5) is 0 Å². The van der Waals surface area contributed by atoms with E-state index in [9.17, 15) is 9.59 Å². The number of amides is 2. The molecule has 16 heavy (non-hydrogen) atoms. The summed E-state index contributed by atoms with van der Waals surface area (Å²) < 4.78 is 4.89. The Morgan fingerprint density at radius 1 is 1.44 bits per heavy atom. The van der Waals surface area contributed by atoms with Crippen LogP contribution in [0.15, 0.2) is 0 Å². The molecule has 0 aromatic rings. The van der Waals surface area contributed by atoms with Gasteiger partial charge in [-0.15, -0.1) is 0 Å². The van der Waals surface area contributed by atoms with Gasteiger partial charge in [-0.2, -0.15) is 0 Å². The van der Waals surface area contributed by atoms with E-state index in [0.717, 1.165) is 6.42 Å². The first kappa shape index (κ1) is 14.9. The zero-order chi connectivity index (χ0) is 12.6. The molecule has 0 aromatic carbocycles. The fourth-order valence-electron chi connectivity index (χ4n) is 1.24. The van der Waals surface area contributed by atoms with Crippen LogP contribution in [-0.4, -0.2) is 37.1 Å². The number of hydrogen-bond acceptors (Lipinski definition) is 4. The molecule has 1 unspecified atom stereocenters. The molecule has 0 rings (SSSR count). The van der Waals surface area contributed by atoms with Crippen LogP contribution in [0.25, 0.3) is 0 Å². The van der Waals surface area contributed by atoms with Gasteiger partial charge in [0.25, 0.3) is 0 Å². The maximum Gasteiger partial charge on any atom is 0.243 e. The highest BCUT2D eigenvalue weighted by Gasteiger charge is 2.26. The van der Waals surface area contributed by atoms with Crippen molar-refractivity contribution in [2.24, 2.45) is 11.5 Å². The summed E-state index contributed by atoms with van der Waals surface area (Å²) in [5, 5.41) is 2.64. The van der Waals surface area contributed by atoms with E-state index in [0.29, 0.717) is 13.0 Å². The van der Waals surface area contributed by atoms with Gasteiger partial charge in [-0.1, -0.05) is 13.3 Å². The Bertz CT molecular complexity index is 241. The molecule has 0 aliphatic rings. The third kappa shape index (κ3) is 6.36. The molecule has 0 bridgehead atoms. The first-order chi connectivity index (χ1) is 7.40. The van der Waals surface area contributed by atoms with Gasteiger partial charge < -0.3 is 21.5 Å². The van der Waals surface area contributed by atoms with E-state index in [1.54, 1.807) is 6.92 Å². The van der Waals surface area contributed by atoms with E-state index in [-0.39, 0.29) is 19.1 Å². The second-order valence-corrected chi connectivity index (χ2v) is 3.94. The molecule has 6 heteroatoms. The quantitative estimate of drug-likeness (QED) is 0.471. The first-order valence-corrected chi connectivity index (χ1v) is 5.33. The molecular weight excluding hydrogens is 210 g/mol. The minimum absolute atomic E-state index is 0.134. The lowest BCUT2D eigenvalue weighted by molar-refractivity contribution is -0.126. The minimum Gasteiger partial charge on any atom is -0.370 e. The SMILES string of the molecule is CCCC(C)(N)C(=O)NCCOCC(N)=O. The van der Waals surface area contributed by atoms with Crippen molar-refractivity contribution in [3.05, 3.63) is 0 Å². The summed E-state index contributed by atoms with van der Waals surface area (Å²) >= 11 is 0. The third-order valence-electron chi connectivity index (χ3n) is 2.06. The van der Waals surface area contributed by atoms with Gasteiger partial charge in [-0.05, 0) is 13.3 Å². The van der Waals surface area contributed by atoms with Crippen LogP contribution in [0, 0.1) is 0 Å². The van der Waals surface area contributed by atoms with Crippen LogP contribution >= 0.6 is 0 Å². The molecule has 0 fully saturated rings. The van der Waals surface area contributed by atoms with E-state index >= 15 is 0 Å². The Hall–Kier alpha value is -1.14. The second kappa shape index (κ2) is 7.19. The Kier molecular flexibility index (Phi) is 6.67. The van der Waals surface area contributed by atoms with Crippen molar-refractivity contribution in [3.63, 3.8) is 0 Å². The van der Waals surface area contributed by atoms with Crippen molar-refractivity contribution in [2.75, 3.05) is 19.8 Å². The molecule has 0 aliphatic carbocycles.